The average molecular weight is 110 g/mol. The molecule has 44 valence electrons. The monoisotopic (exact) mass is 110 g/mol. The largest absolute Gasteiger partial charge is 0.294 e. The summed E-state index contributed by atoms with van der Waals surface area (Å²) >= 11 is 0. The molecule has 0 heterocycles. The molecule has 0 aromatic heterocycles. The normalized spacial score (nSPS) is 18.1. The van der Waals surface area contributed by atoms with Gasteiger partial charge < -0.3 is 0 Å². The summed E-state index contributed by atoms with van der Waals surface area (Å²) in [5.41, 5.74) is 0.715. The number of ketones is 1. The fourth-order valence-corrected chi connectivity index (χ4v) is 0.694. The molecule has 0 radical (unpaired) electrons. The van der Waals surface area contributed by atoms with Gasteiger partial charge in [0.1, 0.15) is 0 Å². The van der Waals surface area contributed by atoms with Gasteiger partial charge in [-0.05, 0) is 25.3 Å². The van der Waals surface area contributed by atoms with Crippen LogP contribution in [0.1, 0.15) is 19.8 Å². The van der Waals surface area contributed by atoms with E-state index in [4.69, 9.17) is 0 Å². The minimum Gasteiger partial charge on any atom is -0.294 e. The zero-order chi connectivity index (χ0) is 6.15. The molecule has 1 aliphatic rings. The Hall–Kier alpha value is -0.590. The molecule has 0 spiro atoms. The number of hydrogen-bond donors (Lipinski definition) is 0. The van der Waals surface area contributed by atoms with Gasteiger partial charge in [0.05, 0.1) is 0 Å². The van der Waals surface area contributed by atoms with Gasteiger partial charge in [0.15, 0.2) is 5.78 Å². The average Bonchev–Trinajstić information content (AvgIpc) is 2.43. The van der Waals surface area contributed by atoms with Crippen molar-refractivity contribution in [1.82, 2.24) is 0 Å². The summed E-state index contributed by atoms with van der Waals surface area (Å²) in [6, 6.07) is 0. The van der Waals surface area contributed by atoms with Crippen molar-refractivity contribution >= 4 is 5.78 Å². The van der Waals surface area contributed by atoms with Crippen LogP contribution in [0.25, 0.3) is 0 Å². The van der Waals surface area contributed by atoms with Crippen LogP contribution in [-0.2, 0) is 4.79 Å². The standard InChI is InChI=1S/C7H10O/c1-5(2)7(8)6-3-4-6/h6H,1,3-4H2,2H3. The molecule has 0 bridgehead atoms. The molecule has 0 N–H and O–H groups in total. The number of allylic oxidation sites excluding steroid dienone is 1. The zero-order valence-electron chi connectivity index (χ0n) is 5.11. The van der Waals surface area contributed by atoms with Crippen LogP contribution in [0.4, 0.5) is 0 Å². The van der Waals surface area contributed by atoms with Gasteiger partial charge in [-0.2, -0.15) is 0 Å². The van der Waals surface area contributed by atoms with Crippen molar-refractivity contribution in [1.29, 1.82) is 0 Å². The SMILES string of the molecule is C=C(C)C(=O)C1CC1. The van der Waals surface area contributed by atoms with Crippen LogP contribution in [0, 0.1) is 5.92 Å². The van der Waals surface area contributed by atoms with E-state index in [-0.39, 0.29) is 5.78 Å². The summed E-state index contributed by atoms with van der Waals surface area (Å²) in [6.07, 6.45) is 2.18. The second-order valence-corrected chi connectivity index (χ2v) is 2.42. The highest BCUT2D eigenvalue weighted by Gasteiger charge is 2.29. The second-order valence-electron chi connectivity index (χ2n) is 2.42. The van der Waals surface area contributed by atoms with Crippen LogP contribution in [-0.4, -0.2) is 5.78 Å². The molecule has 0 unspecified atom stereocenters. The zero-order valence-corrected chi connectivity index (χ0v) is 5.11. The molecule has 0 aromatic rings. The first-order valence-electron chi connectivity index (χ1n) is 2.91. The van der Waals surface area contributed by atoms with Gasteiger partial charge in [0.25, 0.3) is 0 Å². The van der Waals surface area contributed by atoms with Gasteiger partial charge in [0.2, 0.25) is 0 Å². The highest BCUT2D eigenvalue weighted by molar-refractivity contribution is 5.97. The maximum absolute atomic E-state index is 10.8. The minimum absolute atomic E-state index is 0.269. The number of carbonyl (C=O) groups is 1. The van der Waals surface area contributed by atoms with Gasteiger partial charge >= 0.3 is 0 Å². The van der Waals surface area contributed by atoms with Crippen LogP contribution in [0.3, 0.4) is 0 Å². The molecule has 1 aliphatic carbocycles. The Morgan fingerprint density at radius 3 is 2.25 bits per heavy atom. The Morgan fingerprint density at radius 1 is 1.62 bits per heavy atom. The van der Waals surface area contributed by atoms with Gasteiger partial charge in [-0.25, -0.2) is 0 Å². The van der Waals surface area contributed by atoms with Crippen molar-refractivity contribution in [2.45, 2.75) is 19.8 Å². The molecule has 0 atom stereocenters. The Morgan fingerprint density at radius 2 is 2.12 bits per heavy atom. The van der Waals surface area contributed by atoms with Gasteiger partial charge in [-0.1, -0.05) is 6.58 Å². The highest BCUT2D eigenvalue weighted by atomic mass is 16.1. The predicted molar refractivity (Wildman–Crippen MR) is 32.5 cm³/mol. The van der Waals surface area contributed by atoms with Gasteiger partial charge in [-0.15, -0.1) is 0 Å². The van der Waals surface area contributed by atoms with E-state index in [1.54, 1.807) is 6.92 Å². The molecule has 1 heteroatoms. The van der Waals surface area contributed by atoms with E-state index in [1.165, 1.54) is 0 Å². The minimum atomic E-state index is 0.269. The predicted octanol–water partition coefficient (Wildman–Crippen LogP) is 1.54. The van der Waals surface area contributed by atoms with Crippen LogP contribution in [0.2, 0.25) is 0 Å². The summed E-state index contributed by atoms with van der Waals surface area (Å²) < 4.78 is 0. The molecule has 8 heavy (non-hydrogen) atoms. The third-order valence-corrected chi connectivity index (χ3v) is 1.37. The molecular weight excluding hydrogens is 100 g/mol. The number of rotatable bonds is 2. The van der Waals surface area contributed by atoms with Crippen molar-refractivity contribution in [2.75, 3.05) is 0 Å². The first kappa shape index (κ1) is 5.54. The van der Waals surface area contributed by atoms with Crippen molar-refractivity contribution < 1.29 is 4.79 Å². The third kappa shape index (κ3) is 0.971. The molecule has 1 fully saturated rings. The van der Waals surface area contributed by atoms with Crippen LogP contribution < -0.4 is 0 Å². The van der Waals surface area contributed by atoms with E-state index in [2.05, 4.69) is 6.58 Å². The fourth-order valence-electron chi connectivity index (χ4n) is 0.694. The maximum Gasteiger partial charge on any atom is 0.161 e. The molecular formula is C7H10O. The summed E-state index contributed by atoms with van der Waals surface area (Å²) in [7, 11) is 0. The van der Waals surface area contributed by atoms with E-state index >= 15 is 0 Å². The van der Waals surface area contributed by atoms with Crippen molar-refractivity contribution in [2.24, 2.45) is 5.92 Å². The molecule has 1 saturated carbocycles. The van der Waals surface area contributed by atoms with E-state index < -0.39 is 0 Å². The van der Waals surface area contributed by atoms with E-state index in [0.29, 0.717) is 11.5 Å². The number of Topliss-reactive ketones (excluding diaryl/α,β-unsaturated/α-hetero) is 1. The van der Waals surface area contributed by atoms with Crippen LogP contribution in [0.5, 0.6) is 0 Å². The fraction of sp³-hybridized carbons (Fsp3) is 0.571. The van der Waals surface area contributed by atoms with Crippen molar-refractivity contribution in [3.63, 3.8) is 0 Å². The molecule has 0 saturated heterocycles. The third-order valence-electron chi connectivity index (χ3n) is 1.37. The van der Waals surface area contributed by atoms with Gasteiger partial charge in [-0.3, -0.25) is 4.79 Å². The first-order valence-corrected chi connectivity index (χ1v) is 2.91. The summed E-state index contributed by atoms with van der Waals surface area (Å²) in [4.78, 5) is 10.8. The Labute approximate surface area is 49.4 Å². The highest BCUT2D eigenvalue weighted by Crippen LogP contribution is 2.31. The molecule has 0 aromatic carbocycles. The van der Waals surface area contributed by atoms with Gasteiger partial charge in [0, 0.05) is 5.92 Å². The lowest BCUT2D eigenvalue weighted by molar-refractivity contribution is -0.116. The first-order chi connectivity index (χ1) is 3.72. The lowest BCUT2D eigenvalue weighted by Crippen LogP contribution is -1.99. The topological polar surface area (TPSA) is 17.1 Å². The molecule has 1 nitrogen and oxygen atoms in total. The van der Waals surface area contributed by atoms with Crippen molar-refractivity contribution in [3.8, 4) is 0 Å². The van der Waals surface area contributed by atoms with E-state index in [0.717, 1.165) is 12.8 Å². The van der Waals surface area contributed by atoms with Crippen molar-refractivity contribution in [3.05, 3.63) is 12.2 Å². The Balaban J connectivity index is 2.45. The van der Waals surface area contributed by atoms with Crippen LogP contribution in [0.15, 0.2) is 12.2 Å². The van der Waals surface area contributed by atoms with Crippen LogP contribution >= 0.6 is 0 Å². The number of hydrogen-bond acceptors (Lipinski definition) is 1. The number of carbonyl (C=O) groups excluding carboxylic acids is 1. The summed E-state index contributed by atoms with van der Waals surface area (Å²) in [5, 5.41) is 0. The molecule has 0 aliphatic heterocycles. The Kier molecular flexibility index (Phi) is 1.20. The lowest BCUT2D eigenvalue weighted by atomic mass is 10.1. The molecule has 0 amide bonds. The quantitative estimate of drug-likeness (QED) is 0.493. The van der Waals surface area contributed by atoms with E-state index in [1.807, 2.05) is 0 Å². The maximum atomic E-state index is 10.8. The smallest absolute Gasteiger partial charge is 0.161 e. The summed E-state index contributed by atoms with van der Waals surface area (Å²) in [6.45, 7) is 5.35. The molecule has 1 rings (SSSR count). The Bertz CT molecular complexity index is 131. The second kappa shape index (κ2) is 1.73. The summed E-state index contributed by atoms with van der Waals surface area (Å²) in [5.74, 6) is 0.623. The van der Waals surface area contributed by atoms with E-state index in [9.17, 15) is 4.79 Å². The lowest BCUT2D eigenvalue weighted by Gasteiger charge is -1.90.